The predicted octanol–water partition coefficient (Wildman–Crippen LogP) is 5.57. The number of nitrogens with zero attached hydrogens (tertiary/aromatic N) is 1. The molecule has 0 radical (unpaired) electrons. The van der Waals surface area contributed by atoms with E-state index in [1.165, 1.54) is 30.9 Å². The minimum absolute atomic E-state index is 0.181. The minimum Gasteiger partial charge on any atom is -0.495 e. The molecule has 1 amide bonds. The molecule has 2 N–H and O–H groups in total. The van der Waals surface area contributed by atoms with Crippen molar-refractivity contribution in [1.29, 1.82) is 0 Å². The summed E-state index contributed by atoms with van der Waals surface area (Å²) in [5.74, 6) is 0.452. The molecular formula is C30H34ClN3O6. The normalized spacial score (nSPS) is 13.4. The number of hydrogen-bond donors (Lipinski definition) is 2. The number of pyridine rings is 1. The van der Waals surface area contributed by atoms with Gasteiger partial charge in [-0.15, -0.1) is 0 Å². The summed E-state index contributed by atoms with van der Waals surface area (Å²) in [5, 5.41) is 6.59. The van der Waals surface area contributed by atoms with Crippen LogP contribution in [0, 0.1) is 0 Å². The Morgan fingerprint density at radius 2 is 1.93 bits per heavy atom. The first kappa shape index (κ1) is 29.2. The number of ketones is 1. The molecule has 0 bridgehead atoms. The Kier molecular flexibility index (Phi) is 8.85. The summed E-state index contributed by atoms with van der Waals surface area (Å²) in [7, 11) is 1.46. The van der Waals surface area contributed by atoms with Crippen molar-refractivity contribution >= 4 is 34.7 Å². The molecule has 0 spiro atoms. The van der Waals surface area contributed by atoms with Gasteiger partial charge in [-0.05, 0) is 69.7 Å². The Morgan fingerprint density at radius 1 is 1.15 bits per heavy atom. The van der Waals surface area contributed by atoms with Crippen LogP contribution in [-0.4, -0.2) is 48.7 Å². The van der Waals surface area contributed by atoms with Crippen molar-refractivity contribution in [2.45, 2.75) is 45.8 Å². The second-order valence-corrected chi connectivity index (χ2v) is 10.9. The predicted molar refractivity (Wildman–Crippen MR) is 156 cm³/mol. The highest BCUT2D eigenvalue weighted by atomic mass is 35.5. The van der Waals surface area contributed by atoms with Crippen molar-refractivity contribution in [3.8, 4) is 22.6 Å². The molecule has 1 aliphatic heterocycles. The molecular weight excluding hydrogens is 534 g/mol. The van der Waals surface area contributed by atoms with Crippen LogP contribution in [0.15, 0.2) is 53.5 Å². The average molecular weight is 568 g/mol. The van der Waals surface area contributed by atoms with Crippen LogP contribution in [0.1, 0.15) is 50.5 Å². The molecule has 0 aliphatic carbocycles. The largest absolute Gasteiger partial charge is 0.495 e. The number of hydrogen-bond acceptors (Lipinski definition) is 7. The molecule has 1 unspecified atom stereocenters. The Morgan fingerprint density at radius 3 is 2.62 bits per heavy atom. The van der Waals surface area contributed by atoms with Gasteiger partial charge in [0.1, 0.15) is 24.1 Å². The van der Waals surface area contributed by atoms with Crippen molar-refractivity contribution in [2.24, 2.45) is 0 Å². The van der Waals surface area contributed by atoms with Crippen LogP contribution in [0.3, 0.4) is 0 Å². The number of Topliss-reactive ketones (excluding diaryl/α,β-unsaturated/α-hetero) is 1. The second kappa shape index (κ2) is 12.1. The molecule has 0 saturated heterocycles. The Balaban J connectivity index is 1.73. The summed E-state index contributed by atoms with van der Waals surface area (Å²) in [4.78, 5) is 39.5. The molecule has 4 rings (SSSR count). The molecule has 0 saturated carbocycles. The quantitative estimate of drug-likeness (QED) is 0.325. The number of ether oxygens (including phenoxy) is 3. The van der Waals surface area contributed by atoms with Crippen LogP contribution in [0.2, 0.25) is 5.02 Å². The van der Waals surface area contributed by atoms with E-state index in [4.69, 9.17) is 25.8 Å². The third kappa shape index (κ3) is 6.84. The van der Waals surface area contributed by atoms with Gasteiger partial charge < -0.3 is 24.8 Å². The Labute approximate surface area is 238 Å². The summed E-state index contributed by atoms with van der Waals surface area (Å²) < 4.78 is 18.5. The second-order valence-electron chi connectivity index (χ2n) is 10.5. The lowest BCUT2D eigenvalue weighted by molar-refractivity contribution is -0.120. The van der Waals surface area contributed by atoms with Gasteiger partial charge in [0.2, 0.25) is 5.91 Å². The number of methoxy groups -OCH3 is 1. The first-order chi connectivity index (χ1) is 19.0. The molecule has 1 aliphatic rings. The summed E-state index contributed by atoms with van der Waals surface area (Å²) in [6.45, 7) is 8.68. The number of fused-ring (bicyclic) bond motifs is 1. The number of carbonyl (C=O) groups excluding carboxylic acids is 2. The van der Waals surface area contributed by atoms with Gasteiger partial charge in [-0.1, -0.05) is 11.6 Å². The van der Waals surface area contributed by atoms with Gasteiger partial charge in [0.15, 0.2) is 5.78 Å². The van der Waals surface area contributed by atoms with Crippen LogP contribution >= 0.6 is 11.6 Å². The highest BCUT2D eigenvalue weighted by Crippen LogP contribution is 2.35. The van der Waals surface area contributed by atoms with Crippen LogP contribution in [0.4, 0.5) is 11.4 Å². The number of carbonyl (C=O) groups is 2. The van der Waals surface area contributed by atoms with E-state index >= 15 is 0 Å². The number of anilines is 2. The third-order valence-electron chi connectivity index (χ3n) is 6.40. The van der Waals surface area contributed by atoms with Gasteiger partial charge in [-0.2, -0.15) is 0 Å². The topological polar surface area (TPSA) is 108 Å². The molecule has 3 aromatic rings. The zero-order valence-corrected chi connectivity index (χ0v) is 24.1. The molecule has 10 heteroatoms. The number of halogens is 1. The lowest BCUT2D eigenvalue weighted by atomic mass is 9.97. The maximum Gasteiger partial charge on any atom is 0.252 e. The van der Waals surface area contributed by atoms with Crippen molar-refractivity contribution in [2.75, 3.05) is 37.5 Å². The van der Waals surface area contributed by atoms with E-state index in [0.29, 0.717) is 52.1 Å². The molecule has 2 aromatic carbocycles. The van der Waals surface area contributed by atoms with E-state index in [2.05, 4.69) is 10.6 Å². The first-order valence-corrected chi connectivity index (χ1v) is 13.4. The summed E-state index contributed by atoms with van der Waals surface area (Å²) in [5.41, 5.74) is 1.75. The van der Waals surface area contributed by atoms with Crippen molar-refractivity contribution in [1.82, 2.24) is 4.57 Å². The van der Waals surface area contributed by atoms with E-state index in [0.717, 1.165) is 5.69 Å². The van der Waals surface area contributed by atoms with Crippen LogP contribution < -0.4 is 25.7 Å². The molecule has 1 atom stereocenters. The fourth-order valence-electron chi connectivity index (χ4n) is 4.51. The molecule has 9 nitrogen and oxygen atoms in total. The lowest BCUT2D eigenvalue weighted by Gasteiger charge is -2.25. The van der Waals surface area contributed by atoms with Gasteiger partial charge in [0.25, 0.3) is 5.56 Å². The van der Waals surface area contributed by atoms with E-state index in [-0.39, 0.29) is 18.8 Å². The number of nitrogens with one attached hydrogen (secondary N) is 2. The summed E-state index contributed by atoms with van der Waals surface area (Å²) in [6, 6.07) is 10.6. The van der Waals surface area contributed by atoms with Crippen molar-refractivity contribution < 1.29 is 23.8 Å². The monoisotopic (exact) mass is 567 g/mol. The van der Waals surface area contributed by atoms with Crippen molar-refractivity contribution in [3.63, 3.8) is 0 Å². The number of rotatable bonds is 9. The maximum absolute atomic E-state index is 13.7. The van der Waals surface area contributed by atoms with E-state index in [9.17, 15) is 14.4 Å². The molecule has 2 heterocycles. The smallest absolute Gasteiger partial charge is 0.252 e. The molecule has 0 fully saturated rings. The highest BCUT2D eigenvalue weighted by molar-refractivity contribution is 6.31. The Hall–Kier alpha value is -3.82. The van der Waals surface area contributed by atoms with Gasteiger partial charge in [0, 0.05) is 47.5 Å². The number of benzene rings is 2. The number of aromatic nitrogens is 1. The van der Waals surface area contributed by atoms with Gasteiger partial charge in [0.05, 0.1) is 24.6 Å². The zero-order chi connectivity index (χ0) is 29.0. The average Bonchev–Trinajstić information content (AvgIpc) is 2.90. The lowest BCUT2D eigenvalue weighted by Crippen LogP contribution is -2.34. The standard InChI is InChI=1S/C30H34ClN3O6/c1-18(35)21-8-6-19(31)14-22(21)23-16-28(36)34(17-27(23)38-5)25(10-12-40-30(2,3)4)29(37)33-20-7-9-26-24(15-20)32-11-13-39-26/h6-9,14-17,25,32H,10-13H2,1-5H3,(H,33,37). The van der Waals surface area contributed by atoms with E-state index < -0.39 is 23.1 Å². The molecule has 212 valence electrons. The molecule has 40 heavy (non-hydrogen) atoms. The van der Waals surface area contributed by atoms with Gasteiger partial charge in [-0.25, -0.2) is 0 Å². The fourth-order valence-corrected chi connectivity index (χ4v) is 4.68. The Bertz CT molecular complexity index is 1480. The van der Waals surface area contributed by atoms with Crippen LogP contribution in [0.25, 0.3) is 11.1 Å². The fraction of sp³-hybridized carbons (Fsp3) is 0.367. The molecule has 1 aromatic heterocycles. The third-order valence-corrected chi connectivity index (χ3v) is 6.64. The number of amides is 1. The first-order valence-electron chi connectivity index (χ1n) is 13.0. The van der Waals surface area contributed by atoms with Crippen LogP contribution in [0.5, 0.6) is 11.5 Å². The van der Waals surface area contributed by atoms with E-state index in [1.54, 1.807) is 36.4 Å². The van der Waals surface area contributed by atoms with Crippen LogP contribution in [-0.2, 0) is 9.53 Å². The highest BCUT2D eigenvalue weighted by Gasteiger charge is 2.26. The zero-order valence-electron chi connectivity index (χ0n) is 23.3. The summed E-state index contributed by atoms with van der Waals surface area (Å²) in [6.07, 6.45) is 1.72. The minimum atomic E-state index is -0.912. The van der Waals surface area contributed by atoms with Gasteiger partial charge in [-0.3, -0.25) is 19.0 Å². The maximum atomic E-state index is 13.7. The SMILES string of the molecule is COc1cn(C(CCOC(C)(C)C)C(=O)Nc2ccc3c(c2)NCCO3)c(=O)cc1-c1cc(Cl)ccc1C(C)=O. The summed E-state index contributed by atoms with van der Waals surface area (Å²) >= 11 is 6.23. The van der Waals surface area contributed by atoms with Gasteiger partial charge >= 0.3 is 0 Å². The van der Waals surface area contributed by atoms with E-state index in [1.807, 2.05) is 20.8 Å². The van der Waals surface area contributed by atoms with Crippen molar-refractivity contribution in [3.05, 3.63) is 69.6 Å².